The molecule has 0 amide bonds. The van der Waals surface area contributed by atoms with E-state index in [2.05, 4.69) is 10.2 Å². The summed E-state index contributed by atoms with van der Waals surface area (Å²) in [5.41, 5.74) is -0.322. The molecule has 19 heavy (non-hydrogen) atoms. The summed E-state index contributed by atoms with van der Waals surface area (Å²) < 4.78 is 33.2. The molecule has 0 radical (unpaired) electrons. The second-order valence-electron chi connectivity index (χ2n) is 5.25. The van der Waals surface area contributed by atoms with Crippen LogP contribution in [0.25, 0.3) is 0 Å². The summed E-state index contributed by atoms with van der Waals surface area (Å²) in [6.07, 6.45) is 4.96. The van der Waals surface area contributed by atoms with Gasteiger partial charge in [-0.2, -0.15) is 4.31 Å². The average molecular weight is 286 g/mol. The number of sulfonamides is 1. The fraction of sp³-hybridized carbons (Fsp3) is 0.818. The minimum Gasteiger partial charge on any atom is -0.371 e. The summed E-state index contributed by atoms with van der Waals surface area (Å²) in [5, 5.41) is 7.60. The van der Waals surface area contributed by atoms with E-state index in [1.165, 1.54) is 0 Å². The van der Waals surface area contributed by atoms with Crippen LogP contribution < -0.4 is 0 Å². The van der Waals surface area contributed by atoms with Gasteiger partial charge in [0.25, 0.3) is 0 Å². The maximum Gasteiger partial charge on any atom is 0.213 e. The van der Waals surface area contributed by atoms with Gasteiger partial charge in [-0.3, -0.25) is 0 Å². The van der Waals surface area contributed by atoms with E-state index in [0.29, 0.717) is 19.7 Å². The van der Waals surface area contributed by atoms with Crippen LogP contribution in [0.15, 0.2) is 12.7 Å². The molecule has 0 N–H and O–H groups in total. The van der Waals surface area contributed by atoms with Crippen molar-refractivity contribution in [3.8, 4) is 0 Å². The highest BCUT2D eigenvalue weighted by atomic mass is 32.2. The van der Waals surface area contributed by atoms with E-state index in [4.69, 9.17) is 4.74 Å². The molecule has 1 aromatic rings. The molecule has 2 aliphatic rings. The van der Waals surface area contributed by atoms with Gasteiger partial charge < -0.3 is 9.30 Å². The molecule has 3 heterocycles. The largest absolute Gasteiger partial charge is 0.371 e. The van der Waals surface area contributed by atoms with Crippen molar-refractivity contribution < 1.29 is 13.2 Å². The van der Waals surface area contributed by atoms with E-state index < -0.39 is 10.0 Å². The molecule has 2 saturated heterocycles. The van der Waals surface area contributed by atoms with Crippen LogP contribution in [0, 0.1) is 0 Å². The number of rotatable bonds is 3. The number of nitrogens with zero attached hydrogens (tertiary/aromatic N) is 4. The summed E-state index contributed by atoms with van der Waals surface area (Å²) in [6.45, 7) is 3.31. The van der Waals surface area contributed by atoms with Gasteiger partial charge in [-0.05, 0) is 13.3 Å². The monoisotopic (exact) mass is 286 g/mol. The third-order valence-electron chi connectivity index (χ3n) is 4.09. The van der Waals surface area contributed by atoms with E-state index in [0.717, 1.165) is 12.8 Å². The van der Waals surface area contributed by atoms with Gasteiger partial charge in [-0.15, -0.1) is 10.2 Å². The van der Waals surface area contributed by atoms with Crippen LogP contribution in [0.1, 0.15) is 25.8 Å². The third kappa shape index (κ3) is 2.28. The molecule has 0 aromatic carbocycles. The van der Waals surface area contributed by atoms with Crippen molar-refractivity contribution in [2.24, 2.45) is 0 Å². The van der Waals surface area contributed by atoms with Crippen LogP contribution in [-0.2, 0) is 14.8 Å². The van der Waals surface area contributed by atoms with Crippen molar-refractivity contribution in [2.75, 3.05) is 25.4 Å². The summed E-state index contributed by atoms with van der Waals surface area (Å²) in [4.78, 5) is 0. The fourth-order valence-electron chi connectivity index (χ4n) is 2.92. The lowest BCUT2D eigenvalue weighted by molar-refractivity contribution is 0.0165. The predicted octanol–water partition coefficient (Wildman–Crippen LogP) is 0.0337. The van der Waals surface area contributed by atoms with Crippen molar-refractivity contribution in [1.29, 1.82) is 0 Å². The average Bonchev–Trinajstić information content (AvgIpc) is 3.11. The smallest absolute Gasteiger partial charge is 0.213 e. The molecule has 2 aliphatic heterocycles. The molecular formula is C11H18N4O3S. The molecule has 1 spiro atoms. The highest BCUT2D eigenvalue weighted by molar-refractivity contribution is 7.89. The minimum atomic E-state index is -3.11. The van der Waals surface area contributed by atoms with Crippen molar-refractivity contribution in [3.05, 3.63) is 12.7 Å². The van der Waals surface area contributed by atoms with E-state index in [1.54, 1.807) is 23.9 Å². The Kier molecular flexibility index (Phi) is 3.11. The first kappa shape index (κ1) is 13.0. The molecule has 3 rings (SSSR count). The lowest BCUT2D eigenvalue weighted by atomic mass is 9.97. The number of ether oxygens (including phenoxy) is 1. The topological polar surface area (TPSA) is 77.3 Å². The van der Waals surface area contributed by atoms with Crippen molar-refractivity contribution in [1.82, 2.24) is 19.1 Å². The van der Waals surface area contributed by atoms with Crippen molar-refractivity contribution in [2.45, 2.75) is 31.4 Å². The highest BCUT2D eigenvalue weighted by Gasteiger charge is 2.48. The van der Waals surface area contributed by atoms with Gasteiger partial charge in [0.05, 0.1) is 24.0 Å². The molecule has 0 bridgehead atoms. The Morgan fingerprint density at radius 3 is 2.84 bits per heavy atom. The molecule has 2 fully saturated rings. The SMILES string of the molecule is CCS(=O)(=O)N1CC[C@@]2(C[C@H](n3cnnc3)CO2)C1. The first-order valence-corrected chi connectivity index (χ1v) is 8.11. The molecule has 0 aliphatic carbocycles. The van der Waals surface area contributed by atoms with Crippen molar-refractivity contribution in [3.63, 3.8) is 0 Å². The Hall–Kier alpha value is -0.990. The number of hydrogen-bond donors (Lipinski definition) is 0. The Balaban J connectivity index is 1.71. The van der Waals surface area contributed by atoms with E-state index in [9.17, 15) is 8.42 Å². The van der Waals surface area contributed by atoms with Gasteiger partial charge in [-0.1, -0.05) is 0 Å². The zero-order valence-corrected chi connectivity index (χ0v) is 11.7. The summed E-state index contributed by atoms with van der Waals surface area (Å²) in [7, 11) is -3.11. The zero-order valence-electron chi connectivity index (χ0n) is 10.9. The first-order valence-electron chi connectivity index (χ1n) is 6.51. The fourth-order valence-corrected chi connectivity index (χ4v) is 4.09. The predicted molar refractivity (Wildman–Crippen MR) is 68.0 cm³/mol. The normalized spacial score (nSPS) is 32.4. The van der Waals surface area contributed by atoms with Gasteiger partial charge >= 0.3 is 0 Å². The number of hydrogen-bond acceptors (Lipinski definition) is 5. The number of aromatic nitrogens is 3. The molecule has 106 valence electrons. The molecule has 0 saturated carbocycles. The maximum absolute atomic E-state index is 11.9. The van der Waals surface area contributed by atoms with E-state index >= 15 is 0 Å². The second kappa shape index (κ2) is 4.53. The Morgan fingerprint density at radius 1 is 1.42 bits per heavy atom. The van der Waals surface area contributed by atoms with Gasteiger partial charge in [0.1, 0.15) is 12.7 Å². The van der Waals surface area contributed by atoms with Gasteiger partial charge in [0.2, 0.25) is 10.0 Å². The quantitative estimate of drug-likeness (QED) is 0.783. The van der Waals surface area contributed by atoms with E-state index in [1.807, 2.05) is 4.57 Å². The lowest BCUT2D eigenvalue weighted by Gasteiger charge is -2.23. The van der Waals surface area contributed by atoms with Gasteiger partial charge in [-0.25, -0.2) is 8.42 Å². The van der Waals surface area contributed by atoms with Crippen LogP contribution >= 0.6 is 0 Å². The van der Waals surface area contributed by atoms with Crippen LogP contribution in [0.2, 0.25) is 0 Å². The standard InChI is InChI=1S/C11H18N4O3S/c1-2-19(16,17)15-4-3-11(7-15)5-10(6-18-11)14-8-12-13-9-14/h8-10H,2-7H2,1H3/t10-,11+/m0/s1. The van der Waals surface area contributed by atoms with E-state index in [-0.39, 0.29) is 17.4 Å². The molecular weight excluding hydrogens is 268 g/mol. The molecule has 0 unspecified atom stereocenters. The minimum absolute atomic E-state index is 0.151. The Labute approximate surface area is 112 Å². The lowest BCUT2D eigenvalue weighted by Crippen LogP contribution is -2.36. The third-order valence-corrected chi connectivity index (χ3v) is 5.92. The van der Waals surface area contributed by atoms with Crippen LogP contribution in [0.3, 0.4) is 0 Å². The van der Waals surface area contributed by atoms with Crippen LogP contribution in [0.5, 0.6) is 0 Å². The van der Waals surface area contributed by atoms with Crippen LogP contribution in [0.4, 0.5) is 0 Å². The van der Waals surface area contributed by atoms with Crippen LogP contribution in [-0.4, -0.2) is 58.5 Å². The van der Waals surface area contributed by atoms with Crippen molar-refractivity contribution >= 4 is 10.0 Å². The molecule has 8 heteroatoms. The van der Waals surface area contributed by atoms with Gasteiger partial charge in [0.15, 0.2) is 0 Å². The summed E-state index contributed by atoms with van der Waals surface area (Å²) >= 11 is 0. The maximum atomic E-state index is 11.9. The Morgan fingerprint density at radius 2 is 2.16 bits per heavy atom. The summed E-state index contributed by atoms with van der Waals surface area (Å²) in [6, 6.07) is 0.208. The van der Waals surface area contributed by atoms with Gasteiger partial charge in [0, 0.05) is 19.5 Å². The second-order valence-corrected chi connectivity index (χ2v) is 7.50. The first-order chi connectivity index (χ1) is 9.05. The highest BCUT2D eigenvalue weighted by Crippen LogP contribution is 2.40. The zero-order chi connectivity index (χ0) is 13.5. The summed E-state index contributed by atoms with van der Waals surface area (Å²) in [5.74, 6) is 0.151. The molecule has 2 atom stereocenters. The molecule has 7 nitrogen and oxygen atoms in total. The Bertz CT molecular complexity index is 544. The molecule has 1 aromatic heterocycles.